The lowest BCUT2D eigenvalue weighted by molar-refractivity contribution is 0.102. The number of amides is 1. The molecule has 2 rings (SSSR count). The number of carbonyl (C=O) groups is 1. The Bertz CT molecular complexity index is 599. The van der Waals surface area contributed by atoms with Crippen LogP contribution in [-0.2, 0) is 0 Å². The molecule has 2 aromatic carbocycles. The number of ether oxygens (including phenoxy) is 1. The van der Waals surface area contributed by atoms with Crippen LogP contribution >= 0.6 is 15.9 Å². The topological polar surface area (TPSA) is 38.3 Å². The van der Waals surface area contributed by atoms with Crippen LogP contribution in [0.25, 0.3) is 0 Å². The van der Waals surface area contributed by atoms with Crippen molar-refractivity contribution in [1.29, 1.82) is 0 Å². The Labute approximate surface area is 118 Å². The lowest BCUT2D eigenvalue weighted by Crippen LogP contribution is -2.12. The summed E-state index contributed by atoms with van der Waals surface area (Å²) >= 11 is 3.28. The Morgan fingerprint density at radius 1 is 1.21 bits per heavy atom. The van der Waals surface area contributed by atoms with Crippen molar-refractivity contribution in [2.75, 3.05) is 12.4 Å². The standard InChI is InChI=1S/C14H11BrFNO2/c1-19-11-6-7-12(16)13(8-11)17-14(18)9-2-4-10(15)5-3-9/h2-8H,1H3,(H,17,18). The molecule has 0 atom stereocenters. The molecule has 1 amide bonds. The lowest BCUT2D eigenvalue weighted by Gasteiger charge is -2.08. The minimum absolute atomic E-state index is 0.0901. The van der Waals surface area contributed by atoms with Gasteiger partial charge in [-0.15, -0.1) is 0 Å². The number of nitrogens with one attached hydrogen (secondary N) is 1. The summed E-state index contributed by atoms with van der Waals surface area (Å²) in [7, 11) is 1.48. The van der Waals surface area contributed by atoms with Crippen molar-refractivity contribution >= 4 is 27.5 Å². The maximum atomic E-state index is 13.6. The van der Waals surface area contributed by atoms with E-state index in [9.17, 15) is 9.18 Å². The molecule has 0 unspecified atom stereocenters. The molecule has 0 saturated carbocycles. The summed E-state index contributed by atoms with van der Waals surface area (Å²) in [6.45, 7) is 0. The van der Waals surface area contributed by atoms with Gasteiger partial charge in [-0.3, -0.25) is 4.79 Å². The van der Waals surface area contributed by atoms with Gasteiger partial charge < -0.3 is 10.1 Å². The summed E-state index contributed by atoms with van der Waals surface area (Å²) in [6, 6.07) is 11.0. The van der Waals surface area contributed by atoms with Crippen molar-refractivity contribution < 1.29 is 13.9 Å². The van der Waals surface area contributed by atoms with Crippen molar-refractivity contribution in [3.8, 4) is 5.75 Å². The molecule has 3 nitrogen and oxygen atoms in total. The molecule has 2 aromatic rings. The zero-order valence-corrected chi connectivity index (χ0v) is 11.7. The average molecular weight is 324 g/mol. The van der Waals surface area contributed by atoms with Crippen LogP contribution in [0.3, 0.4) is 0 Å². The lowest BCUT2D eigenvalue weighted by atomic mass is 10.2. The molecule has 1 N–H and O–H groups in total. The van der Waals surface area contributed by atoms with Gasteiger partial charge in [0, 0.05) is 16.1 Å². The molecular formula is C14H11BrFNO2. The fourth-order valence-corrected chi connectivity index (χ4v) is 1.79. The molecule has 5 heteroatoms. The predicted octanol–water partition coefficient (Wildman–Crippen LogP) is 3.85. The minimum atomic E-state index is -0.508. The highest BCUT2D eigenvalue weighted by Gasteiger charge is 2.10. The van der Waals surface area contributed by atoms with Gasteiger partial charge >= 0.3 is 0 Å². The molecule has 0 heterocycles. The quantitative estimate of drug-likeness (QED) is 0.931. The molecule has 19 heavy (non-hydrogen) atoms. The fourth-order valence-electron chi connectivity index (χ4n) is 1.52. The maximum absolute atomic E-state index is 13.6. The van der Waals surface area contributed by atoms with E-state index >= 15 is 0 Å². The Morgan fingerprint density at radius 3 is 2.53 bits per heavy atom. The molecule has 98 valence electrons. The number of methoxy groups -OCH3 is 1. The van der Waals surface area contributed by atoms with Crippen molar-refractivity contribution in [1.82, 2.24) is 0 Å². The van der Waals surface area contributed by atoms with E-state index in [2.05, 4.69) is 21.2 Å². The van der Waals surface area contributed by atoms with E-state index in [1.807, 2.05) is 0 Å². The highest BCUT2D eigenvalue weighted by Crippen LogP contribution is 2.22. The molecular weight excluding hydrogens is 313 g/mol. The first-order valence-electron chi connectivity index (χ1n) is 5.50. The van der Waals surface area contributed by atoms with E-state index in [4.69, 9.17) is 4.74 Å². The zero-order chi connectivity index (χ0) is 13.8. The summed E-state index contributed by atoms with van der Waals surface area (Å²) in [5, 5.41) is 2.51. The summed E-state index contributed by atoms with van der Waals surface area (Å²) in [6.07, 6.45) is 0. The number of carbonyl (C=O) groups excluding carboxylic acids is 1. The fraction of sp³-hybridized carbons (Fsp3) is 0.0714. The summed E-state index contributed by atoms with van der Waals surface area (Å²) < 4.78 is 19.4. The summed E-state index contributed by atoms with van der Waals surface area (Å²) in [4.78, 5) is 11.9. The Kier molecular flexibility index (Phi) is 4.16. The van der Waals surface area contributed by atoms with Crippen LogP contribution in [0.1, 0.15) is 10.4 Å². The highest BCUT2D eigenvalue weighted by atomic mass is 79.9. The zero-order valence-electron chi connectivity index (χ0n) is 10.1. The Balaban J connectivity index is 2.21. The first-order valence-corrected chi connectivity index (χ1v) is 6.30. The van der Waals surface area contributed by atoms with Crippen LogP contribution in [0, 0.1) is 5.82 Å². The molecule has 0 aliphatic heterocycles. The molecule has 0 aliphatic carbocycles. The van der Waals surface area contributed by atoms with Gasteiger partial charge in [0.05, 0.1) is 12.8 Å². The van der Waals surface area contributed by atoms with Gasteiger partial charge in [-0.1, -0.05) is 15.9 Å². The molecule has 0 bridgehead atoms. The molecule has 0 saturated heterocycles. The second-order valence-corrected chi connectivity index (χ2v) is 4.72. The van der Waals surface area contributed by atoms with Crippen LogP contribution in [0.5, 0.6) is 5.75 Å². The van der Waals surface area contributed by atoms with Gasteiger partial charge in [0.2, 0.25) is 0 Å². The van der Waals surface area contributed by atoms with Gasteiger partial charge in [0.1, 0.15) is 11.6 Å². The van der Waals surface area contributed by atoms with E-state index in [1.165, 1.54) is 25.3 Å². The number of halogens is 2. The second-order valence-electron chi connectivity index (χ2n) is 3.81. The van der Waals surface area contributed by atoms with E-state index in [-0.39, 0.29) is 11.6 Å². The summed E-state index contributed by atoms with van der Waals surface area (Å²) in [5.74, 6) is -0.404. The van der Waals surface area contributed by atoms with Crippen molar-refractivity contribution in [2.45, 2.75) is 0 Å². The van der Waals surface area contributed by atoms with Crippen LogP contribution < -0.4 is 10.1 Å². The van der Waals surface area contributed by atoms with E-state index in [1.54, 1.807) is 24.3 Å². The number of hydrogen-bond acceptors (Lipinski definition) is 2. The molecule has 0 aliphatic rings. The summed E-state index contributed by atoms with van der Waals surface area (Å²) in [5.41, 5.74) is 0.540. The van der Waals surface area contributed by atoms with E-state index in [0.29, 0.717) is 11.3 Å². The second kappa shape index (κ2) is 5.84. The Morgan fingerprint density at radius 2 is 1.89 bits per heavy atom. The predicted molar refractivity (Wildman–Crippen MR) is 75.0 cm³/mol. The SMILES string of the molecule is COc1ccc(F)c(NC(=O)c2ccc(Br)cc2)c1. The maximum Gasteiger partial charge on any atom is 0.255 e. The van der Waals surface area contributed by atoms with Crippen LogP contribution in [0.4, 0.5) is 10.1 Å². The van der Waals surface area contributed by atoms with Crippen molar-refractivity contribution in [3.63, 3.8) is 0 Å². The van der Waals surface area contributed by atoms with E-state index < -0.39 is 5.82 Å². The Hall–Kier alpha value is -1.88. The van der Waals surface area contributed by atoms with Crippen LogP contribution in [-0.4, -0.2) is 13.0 Å². The first kappa shape index (κ1) is 13.5. The smallest absolute Gasteiger partial charge is 0.255 e. The van der Waals surface area contributed by atoms with Gasteiger partial charge in [-0.05, 0) is 36.4 Å². The normalized spacial score (nSPS) is 10.1. The monoisotopic (exact) mass is 323 g/mol. The van der Waals surface area contributed by atoms with E-state index in [0.717, 1.165) is 4.47 Å². The number of benzene rings is 2. The van der Waals surface area contributed by atoms with Gasteiger partial charge in [-0.25, -0.2) is 4.39 Å². The van der Waals surface area contributed by atoms with Crippen molar-refractivity contribution in [2.24, 2.45) is 0 Å². The molecule has 0 aromatic heterocycles. The number of rotatable bonds is 3. The third-order valence-electron chi connectivity index (χ3n) is 2.53. The first-order chi connectivity index (χ1) is 9.10. The third-order valence-corrected chi connectivity index (χ3v) is 3.06. The highest BCUT2D eigenvalue weighted by molar-refractivity contribution is 9.10. The number of hydrogen-bond donors (Lipinski definition) is 1. The molecule has 0 fully saturated rings. The van der Waals surface area contributed by atoms with Crippen LogP contribution in [0.2, 0.25) is 0 Å². The van der Waals surface area contributed by atoms with Crippen molar-refractivity contribution in [3.05, 3.63) is 58.3 Å². The molecule has 0 radical (unpaired) electrons. The largest absolute Gasteiger partial charge is 0.497 e. The van der Waals surface area contributed by atoms with Crippen LogP contribution in [0.15, 0.2) is 46.9 Å². The van der Waals surface area contributed by atoms with Gasteiger partial charge in [-0.2, -0.15) is 0 Å². The minimum Gasteiger partial charge on any atom is -0.497 e. The molecule has 0 spiro atoms. The van der Waals surface area contributed by atoms with Gasteiger partial charge in [0.25, 0.3) is 5.91 Å². The third kappa shape index (κ3) is 3.32. The number of anilines is 1. The average Bonchev–Trinajstić information content (AvgIpc) is 2.42. The van der Waals surface area contributed by atoms with Gasteiger partial charge in [0.15, 0.2) is 0 Å².